The Morgan fingerprint density at radius 2 is 1.73 bits per heavy atom. The van der Waals surface area contributed by atoms with Crippen molar-refractivity contribution >= 4 is 11.8 Å². The highest BCUT2D eigenvalue weighted by atomic mass is 16.5. The largest absolute Gasteiger partial charge is 0.497 e. The van der Waals surface area contributed by atoms with Gasteiger partial charge in [-0.3, -0.25) is 4.79 Å². The predicted octanol–water partition coefficient (Wildman–Crippen LogP) is 2.74. The van der Waals surface area contributed by atoms with Crippen molar-refractivity contribution in [3.8, 4) is 11.5 Å². The van der Waals surface area contributed by atoms with E-state index >= 15 is 0 Å². The minimum Gasteiger partial charge on any atom is -0.497 e. The van der Waals surface area contributed by atoms with E-state index in [1.54, 1.807) is 48.5 Å². The molecule has 2 rings (SSSR count). The average Bonchev–Trinajstić information content (AvgIpc) is 2.59. The molecule has 0 saturated carbocycles. The Balaban J connectivity index is 2.02. The van der Waals surface area contributed by atoms with Gasteiger partial charge in [0, 0.05) is 0 Å². The number of hydrogen-bond donors (Lipinski definition) is 0. The number of ketones is 1. The summed E-state index contributed by atoms with van der Waals surface area (Å²) >= 11 is 0. The van der Waals surface area contributed by atoms with Crippen LogP contribution in [0.1, 0.15) is 20.7 Å². The number of ether oxygens (including phenoxy) is 3. The smallest absolute Gasteiger partial charge is 0.338 e. The Hall–Kier alpha value is -2.82. The van der Waals surface area contributed by atoms with Gasteiger partial charge < -0.3 is 14.2 Å². The summed E-state index contributed by atoms with van der Waals surface area (Å²) < 4.78 is 15.2. The monoisotopic (exact) mass is 300 g/mol. The first-order valence-electron chi connectivity index (χ1n) is 6.63. The van der Waals surface area contributed by atoms with Gasteiger partial charge in [-0.05, 0) is 30.3 Å². The van der Waals surface area contributed by atoms with E-state index in [0.717, 1.165) is 0 Å². The molecule has 0 unspecified atom stereocenters. The van der Waals surface area contributed by atoms with Crippen molar-refractivity contribution in [3.63, 3.8) is 0 Å². The highest BCUT2D eigenvalue weighted by Crippen LogP contribution is 2.18. The minimum atomic E-state index is -0.581. The van der Waals surface area contributed by atoms with Crippen LogP contribution in [0, 0.1) is 0 Å². The highest BCUT2D eigenvalue weighted by molar-refractivity contribution is 6.01. The van der Waals surface area contributed by atoms with Crippen LogP contribution in [0.3, 0.4) is 0 Å². The number of hydrogen-bond acceptors (Lipinski definition) is 5. The van der Waals surface area contributed by atoms with Gasteiger partial charge in [-0.15, -0.1) is 0 Å². The quantitative estimate of drug-likeness (QED) is 0.606. The molecule has 0 aliphatic carbocycles. The summed E-state index contributed by atoms with van der Waals surface area (Å²) in [6.45, 7) is -0.351. The lowest BCUT2D eigenvalue weighted by molar-refractivity contribution is 0.0473. The maximum atomic E-state index is 12.1. The summed E-state index contributed by atoms with van der Waals surface area (Å²) in [7, 11) is 2.99. The third-order valence-corrected chi connectivity index (χ3v) is 3.05. The lowest BCUT2D eigenvalue weighted by Gasteiger charge is -2.08. The number of carbonyl (C=O) groups is 2. The molecule has 22 heavy (non-hydrogen) atoms. The van der Waals surface area contributed by atoms with E-state index in [1.165, 1.54) is 14.2 Å². The Morgan fingerprint density at radius 3 is 2.45 bits per heavy atom. The normalized spacial score (nSPS) is 9.91. The molecule has 0 heterocycles. The summed E-state index contributed by atoms with van der Waals surface area (Å²) in [5, 5.41) is 0. The Morgan fingerprint density at radius 1 is 0.955 bits per heavy atom. The predicted molar refractivity (Wildman–Crippen MR) is 80.6 cm³/mol. The molecule has 0 fully saturated rings. The highest BCUT2D eigenvalue weighted by Gasteiger charge is 2.15. The molecule has 2 aromatic carbocycles. The third kappa shape index (κ3) is 3.63. The molecule has 0 N–H and O–H groups in total. The number of para-hydroxylation sites is 1. The third-order valence-electron chi connectivity index (χ3n) is 3.05. The van der Waals surface area contributed by atoms with Gasteiger partial charge >= 0.3 is 5.97 Å². The van der Waals surface area contributed by atoms with Crippen molar-refractivity contribution in [2.45, 2.75) is 0 Å². The molecular weight excluding hydrogens is 284 g/mol. The minimum absolute atomic E-state index is 0.325. The van der Waals surface area contributed by atoms with Crippen LogP contribution in [0.25, 0.3) is 0 Å². The van der Waals surface area contributed by atoms with Crippen LogP contribution >= 0.6 is 0 Å². The molecule has 0 bridgehead atoms. The summed E-state index contributed by atoms with van der Waals surface area (Å²) in [5.41, 5.74) is 0.704. The Kier molecular flexibility index (Phi) is 5.14. The molecule has 0 radical (unpaired) electrons. The van der Waals surface area contributed by atoms with Crippen LogP contribution in [0.2, 0.25) is 0 Å². The second-order valence-corrected chi connectivity index (χ2v) is 4.43. The molecule has 0 saturated heterocycles. The van der Waals surface area contributed by atoms with Crippen LogP contribution in [0.4, 0.5) is 0 Å². The van der Waals surface area contributed by atoms with Crippen LogP contribution in [0.5, 0.6) is 11.5 Å². The molecule has 5 nitrogen and oxygen atoms in total. The molecule has 2 aromatic rings. The van der Waals surface area contributed by atoms with E-state index in [4.69, 9.17) is 14.2 Å². The maximum Gasteiger partial charge on any atom is 0.338 e. The molecule has 0 atom stereocenters. The number of esters is 1. The number of rotatable bonds is 6. The van der Waals surface area contributed by atoms with Crippen LogP contribution in [-0.4, -0.2) is 32.6 Å². The molecule has 0 spiro atoms. The number of Topliss-reactive ketones (excluding diaryl/α,β-unsaturated/α-hetero) is 1. The Labute approximate surface area is 128 Å². The van der Waals surface area contributed by atoms with Crippen molar-refractivity contribution < 1.29 is 23.8 Å². The van der Waals surface area contributed by atoms with Crippen molar-refractivity contribution in [1.82, 2.24) is 0 Å². The molecule has 5 heteroatoms. The first-order chi connectivity index (χ1) is 10.7. The van der Waals surface area contributed by atoms with Gasteiger partial charge in [-0.2, -0.15) is 0 Å². The summed E-state index contributed by atoms with van der Waals surface area (Å²) in [6, 6.07) is 13.3. The van der Waals surface area contributed by atoms with E-state index in [2.05, 4.69) is 0 Å². The van der Waals surface area contributed by atoms with E-state index < -0.39 is 5.97 Å². The van der Waals surface area contributed by atoms with Crippen molar-refractivity contribution in [1.29, 1.82) is 0 Å². The van der Waals surface area contributed by atoms with Gasteiger partial charge in [0.1, 0.15) is 11.5 Å². The number of methoxy groups -OCH3 is 2. The van der Waals surface area contributed by atoms with Crippen LogP contribution < -0.4 is 9.47 Å². The fourth-order valence-electron chi connectivity index (χ4n) is 1.92. The molecule has 0 aliphatic heterocycles. The van der Waals surface area contributed by atoms with Gasteiger partial charge in [0.2, 0.25) is 5.78 Å². The van der Waals surface area contributed by atoms with Crippen LogP contribution in [0.15, 0.2) is 48.5 Å². The zero-order valence-corrected chi connectivity index (χ0v) is 12.4. The van der Waals surface area contributed by atoms with Crippen LogP contribution in [-0.2, 0) is 4.74 Å². The van der Waals surface area contributed by atoms with Crippen molar-refractivity contribution in [3.05, 3.63) is 59.7 Å². The van der Waals surface area contributed by atoms with Gasteiger partial charge in [-0.1, -0.05) is 18.2 Å². The second kappa shape index (κ2) is 7.26. The number of benzene rings is 2. The molecular formula is C17H16O5. The van der Waals surface area contributed by atoms with Gasteiger partial charge in [0.05, 0.1) is 25.3 Å². The van der Waals surface area contributed by atoms with E-state index in [0.29, 0.717) is 22.6 Å². The zero-order valence-electron chi connectivity index (χ0n) is 12.4. The van der Waals surface area contributed by atoms with Crippen molar-refractivity contribution in [2.24, 2.45) is 0 Å². The molecule has 0 amide bonds. The summed E-state index contributed by atoms with van der Waals surface area (Å²) in [6.07, 6.45) is 0. The SMILES string of the molecule is COc1cccc(C(=O)OCC(=O)c2ccccc2OC)c1. The fraction of sp³-hybridized carbons (Fsp3) is 0.176. The molecule has 114 valence electrons. The summed E-state index contributed by atoms with van der Waals surface area (Å²) in [5.74, 6) is 0.0891. The van der Waals surface area contributed by atoms with Crippen molar-refractivity contribution in [2.75, 3.05) is 20.8 Å². The molecule has 0 aromatic heterocycles. The first-order valence-corrected chi connectivity index (χ1v) is 6.63. The topological polar surface area (TPSA) is 61.8 Å². The lowest BCUT2D eigenvalue weighted by atomic mass is 10.1. The zero-order chi connectivity index (χ0) is 15.9. The van der Waals surface area contributed by atoms with Gasteiger partial charge in [-0.25, -0.2) is 4.79 Å². The van der Waals surface area contributed by atoms with E-state index in [1.807, 2.05) is 0 Å². The standard InChI is InChI=1S/C17H16O5/c1-20-13-7-5-6-12(10-13)17(19)22-11-15(18)14-8-3-4-9-16(14)21-2/h3-10H,11H2,1-2H3. The van der Waals surface area contributed by atoms with Gasteiger partial charge in [0.25, 0.3) is 0 Å². The maximum absolute atomic E-state index is 12.1. The molecule has 0 aliphatic rings. The lowest BCUT2D eigenvalue weighted by Crippen LogP contribution is -2.15. The number of carbonyl (C=O) groups excluding carboxylic acids is 2. The second-order valence-electron chi connectivity index (χ2n) is 4.43. The average molecular weight is 300 g/mol. The Bertz CT molecular complexity index is 678. The van der Waals surface area contributed by atoms with E-state index in [-0.39, 0.29) is 12.4 Å². The summed E-state index contributed by atoms with van der Waals surface area (Å²) in [4.78, 5) is 24.0. The first kappa shape index (κ1) is 15.6. The fourth-order valence-corrected chi connectivity index (χ4v) is 1.92. The van der Waals surface area contributed by atoms with Gasteiger partial charge in [0.15, 0.2) is 6.61 Å². The van der Waals surface area contributed by atoms with E-state index in [9.17, 15) is 9.59 Å².